The Hall–Kier alpha value is -6.96. The van der Waals surface area contributed by atoms with Gasteiger partial charge in [0.1, 0.15) is 0 Å². The van der Waals surface area contributed by atoms with Gasteiger partial charge in [0.2, 0.25) is 0 Å². The molecular formula is C52H35N. The van der Waals surface area contributed by atoms with E-state index in [4.69, 9.17) is 0 Å². The highest BCUT2D eigenvalue weighted by Gasteiger charge is 2.19. The second-order valence-corrected chi connectivity index (χ2v) is 13.7. The van der Waals surface area contributed by atoms with Crippen LogP contribution in [0.15, 0.2) is 212 Å². The van der Waals surface area contributed by atoms with Crippen LogP contribution in [0.25, 0.3) is 76.5 Å². The van der Waals surface area contributed by atoms with Crippen molar-refractivity contribution in [1.29, 1.82) is 0 Å². The minimum atomic E-state index is 1.10. The summed E-state index contributed by atoms with van der Waals surface area (Å²) in [5.41, 5.74) is 10.6. The summed E-state index contributed by atoms with van der Waals surface area (Å²) >= 11 is 0. The van der Waals surface area contributed by atoms with Crippen LogP contribution in [-0.2, 0) is 0 Å². The zero-order chi connectivity index (χ0) is 35.1. The molecule has 0 atom stereocenters. The molecule has 10 aromatic carbocycles. The minimum Gasteiger partial charge on any atom is -0.310 e. The Kier molecular flexibility index (Phi) is 7.55. The quantitative estimate of drug-likeness (QED) is 0.159. The maximum atomic E-state index is 2.42. The molecule has 0 radical (unpaired) electrons. The Morgan fingerprint density at radius 3 is 1.68 bits per heavy atom. The smallest absolute Gasteiger partial charge is 0.0540 e. The van der Waals surface area contributed by atoms with Gasteiger partial charge in [-0.05, 0) is 113 Å². The van der Waals surface area contributed by atoms with Crippen molar-refractivity contribution in [3.63, 3.8) is 0 Å². The Labute approximate surface area is 309 Å². The fraction of sp³-hybridized carbons (Fsp3) is 0. The lowest BCUT2D eigenvalue weighted by Crippen LogP contribution is -2.11. The third-order valence-electron chi connectivity index (χ3n) is 10.6. The summed E-state index contributed by atoms with van der Waals surface area (Å²) in [7, 11) is 0. The largest absolute Gasteiger partial charge is 0.310 e. The van der Waals surface area contributed by atoms with Gasteiger partial charge in [-0.3, -0.25) is 0 Å². The average molecular weight is 674 g/mol. The first-order chi connectivity index (χ1) is 26.3. The molecule has 0 aliphatic rings. The summed E-state index contributed by atoms with van der Waals surface area (Å²) in [6.07, 6.45) is 0. The van der Waals surface area contributed by atoms with Gasteiger partial charge in [0.25, 0.3) is 0 Å². The maximum absolute atomic E-state index is 2.42. The Bertz CT molecular complexity index is 2940. The van der Waals surface area contributed by atoms with Crippen LogP contribution >= 0.6 is 0 Å². The maximum Gasteiger partial charge on any atom is 0.0540 e. The van der Waals surface area contributed by atoms with E-state index in [0.717, 1.165) is 17.1 Å². The first-order valence-corrected chi connectivity index (χ1v) is 18.3. The van der Waals surface area contributed by atoms with E-state index in [0.29, 0.717) is 0 Å². The molecule has 248 valence electrons. The van der Waals surface area contributed by atoms with Gasteiger partial charge < -0.3 is 4.90 Å². The van der Waals surface area contributed by atoms with E-state index in [1.54, 1.807) is 0 Å². The van der Waals surface area contributed by atoms with Crippen LogP contribution in [0.1, 0.15) is 0 Å². The van der Waals surface area contributed by atoms with Gasteiger partial charge in [-0.25, -0.2) is 0 Å². The van der Waals surface area contributed by atoms with Crippen molar-refractivity contribution in [2.75, 3.05) is 4.90 Å². The highest BCUT2D eigenvalue weighted by atomic mass is 15.1. The highest BCUT2D eigenvalue weighted by Crippen LogP contribution is 2.44. The lowest BCUT2D eigenvalue weighted by molar-refractivity contribution is 1.29. The van der Waals surface area contributed by atoms with Crippen LogP contribution in [0, 0.1) is 0 Å². The molecule has 0 amide bonds. The topological polar surface area (TPSA) is 3.24 Å². The molecule has 0 aliphatic carbocycles. The predicted molar refractivity (Wildman–Crippen MR) is 227 cm³/mol. The summed E-state index contributed by atoms with van der Waals surface area (Å²) < 4.78 is 0. The van der Waals surface area contributed by atoms with Gasteiger partial charge in [-0.15, -0.1) is 0 Å². The minimum absolute atomic E-state index is 1.10. The molecule has 0 aromatic heterocycles. The van der Waals surface area contributed by atoms with Crippen LogP contribution in [0.5, 0.6) is 0 Å². The Morgan fingerprint density at radius 1 is 0.245 bits per heavy atom. The molecule has 0 fully saturated rings. The fourth-order valence-corrected chi connectivity index (χ4v) is 8.05. The molecule has 0 unspecified atom stereocenters. The van der Waals surface area contributed by atoms with Crippen LogP contribution in [-0.4, -0.2) is 0 Å². The second kappa shape index (κ2) is 13.0. The molecule has 10 aromatic rings. The van der Waals surface area contributed by atoms with Crippen molar-refractivity contribution >= 4 is 60.2 Å². The molecule has 0 saturated carbocycles. The number of nitrogens with zero attached hydrogens (tertiary/aromatic N) is 1. The second-order valence-electron chi connectivity index (χ2n) is 13.7. The zero-order valence-electron chi connectivity index (χ0n) is 29.2. The van der Waals surface area contributed by atoms with Crippen LogP contribution in [0.2, 0.25) is 0 Å². The number of anilines is 3. The van der Waals surface area contributed by atoms with E-state index in [-0.39, 0.29) is 0 Å². The third-order valence-corrected chi connectivity index (χ3v) is 10.6. The fourth-order valence-electron chi connectivity index (χ4n) is 8.05. The number of hydrogen-bond acceptors (Lipinski definition) is 1. The van der Waals surface area contributed by atoms with Gasteiger partial charge >= 0.3 is 0 Å². The van der Waals surface area contributed by atoms with Crippen molar-refractivity contribution in [2.24, 2.45) is 0 Å². The molecule has 53 heavy (non-hydrogen) atoms. The van der Waals surface area contributed by atoms with Crippen molar-refractivity contribution < 1.29 is 0 Å². The average Bonchev–Trinajstić information content (AvgIpc) is 3.24. The zero-order valence-corrected chi connectivity index (χ0v) is 29.2. The normalized spacial score (nSPS) is 11.4. The van der Waals surface area contributed by atoms with Crippen LogP contribution in [0.3, 0.4) is 0 Å². The van der Waals surface area contributed by atoms with E-state index in [1.165, 1.54) is 76.5 Å². The first-order valence-electron chi connectivity index (χ1n) is 18.3. The van der Waals surface area contributed by atoms with Gasteiger partial charge in [0.05, 0.1) is 5.69 Å². The standard InChI is InChI=1S/C52H35N/c1-2-13-36(14-3-1)39-25-26-41-34-44(32-29-40(41)33-39)53(52-24-11-10-22-50(52)48-23-12-17-37-15-4-6-18-45(37)48)43-30-27-38(28-31-43)51-35-42-16-5-7-19-46(42)47-20-8-9-21-49(47)51/h1-35H. The molecule has 0 aliphatic heterocycles. The molecule has 1 heteroatoms. The highest BCUT2D eigenvalue weighted by molar-refractivity contribution is 6.14. The lowest BCUT2D eigenvalue weighted by Gasteiger charge is -2.28. The van der Waals surface area contributed by atoms with Gasteiger partial charge in [-0.1, -0.05) is 170 Å². The van der Waals surface area contributed by atoms with Crippen LogP contribution < -0.4 is 4.90 Å². The summed E-state index contributed by atoms with van der Waals surface area (Å²) in [5, 5.41) is 9.98. The first kappa shape index (κ1) is 30.8. The Morgan fingerprint density at radius 2 is 0.830 bits per heavy atom. The Balaban J connectivity index is 1.15. The van der Waals surface area contributed by atoms with Crippen molar-refractivity contribution in [1.82, 2.24) is 0 Å². The van der Waals surface area contributed by atoms with Crippen molar-refractivity contribution in [3.05, 3.63) is 212 Å². The molecular weight excluding hydrogens is 639 g/mol. The van der Waals surface area contributed by atoms with E-state index in [9.17, 15) is 0 Å². The van der Waals surface area contributed by atoms with E-state index in [1.807, 2.05) is 0 Å². The SMILES string of the molecule is c1ccc(-c2ccc3cc(N(c4ccc(-c5cc6ccccc6c6ccccc56)cc4)c4ccccc4-c4cccc5ccccc45)ccc3c2)cc1. The number of benzene rings is 10. The molecule has 1 nitrogen and oxygen atoms in total. The van der Waals surface area contributed by atoms with Crippen molar-refractivity contribution in [2.45, 2.75) is 0 Å². The molecule has 10 rings (SSSR count). The molecule has 0 saturated heterocycles. The van der Waals surface area contributed by atoms with Gasteiger partial charge in [0.15, 0.2) is 0 Å². The summed E-state index contributed by atoms with van der Waals surface area (Å²) in [6.45, 7) is 0. The monoisotopic (exact) mass is 673 g/mol. The van der Waals surface area contributed by atoms with Gasteiger partial charge in [-0.2, -0.15) is 0 Å². The summed E-state index contributed by atoms with van der Waals surface area (Å²) in [5.74, 6) is 0. The molecule has 0 spiro atoms. The summed E-state index contributed by atoms with van der Waals surface area (Å²) in [4.78, 5) is 2.42. The molecule has 0 bridgehead atoms. The van der Waals surface area contributed by atoms with E-state index in [2.05, 4.69) is 217 Å². The summed E-state index contributed by atoms with van der Waals surface area (Å²) in [6, 6.07) is 77.3. The predicted octanol–water partition coefficient (Wildman–Crippen LogP) is 14.8. The number of para-hydroxylation sites is 1. The lowest BCUT2D eigenvalue weighted by atomic mass is 9.93. The van der Waals surface area contributed by atoms with Crippen molar-refractivity contribution in [3.8, 4) is 33.4 Å². The van der Waals surface area contributed by atoms with E-state index >= 15 is 0 Å². The number of rotatable bonds is 6. The number of hydrogen-bond donors (Lipinski definition) is 0. The van der Waals surface area contributed by atoms with Gasteiger partial charge in [0, 0.05) is 16.9 Å². The molecule has 0 heterocycles. The number of fused-ring (bicyclic) bond motifs is 5. The molecule has 0 N–H and O–H groups in total. The third kappa shape index (κ3) is 5.51. The van der Waals surface area contributed by atoms with E-state index < -0.39 is 0 Å². The van der Waals surface area contributed by atoms with Crippen LogP contribution in [0.4, 0.5) is 17.1 Å².